The molecule has 1 saturated heterocycles. The third-order valence-corrected chi connectivity index (χ3v) is 7.17. The monoisotopic (exact) mass is 475 g/mol. The van der Waals surface area contributed by atoms with E-state index in [9.17, 15) is 0 Å². The summed E-state index contributed by atoms with van der Waals surface area (Å²) in [4.78, 5) is 6.99. The molecule has 1 aliphatic rings. The molecule has 0 bridgehead atoms. The molecule has 1 aromatic heterocycles. The van der Waals surface area contributed by atoms with E-state index >= 15 is 0 Å². The van der Waals surface area contributed by atoms with Crippen LogP contribution in [0.2, 0.25) is 0 Å². The molecule has 3 aromatic carbocycles. The lowest BCUT2D eigenvalue weighted by Gasteiger charge is -2.41. The number of hydrogen-bond acceptors (Lipinski definition) is 4. The molecule has 0 saturated carbocycles. The molecular weight excluding hydrogens is 442 g/mol. The van der Waals surface area contributed by atoms with Gasteiger partial charge in [-0.3, -0.25) is 0 Å². The minimum atomic E-state index is 0.475. The highest BCUT2D eigenvalue weighted by Gasteiger charge is 2.28. The summed E-state index contributed by atoms with van der Waals surface area (Å²) in [6, 6.07) is 32.7. The zero-order chi connectivity index (χ0) is 24.6. The van der Waals surface area contributed by atoms with Crippen LogP contribution in [0.25, 0.3) is 0 Å². The quantitative estimate of drug-likeness (QED) is 0.361. The van der Waals surface area contributed by atoms with Crippen molar-refractivity contribution in [1.29, 1.82) is 5.26 Å². The molecule has 182 valence electrons. The lowest BCUT2D eigenvalue weighted by atomic mass is 9.91. The lowest BCUT2D eigenvalue weighted by Crippen LogP contribution is -2.50. The smallest absolute Gasteiger partial charge is 0.0991 e. The first kappa shape index (κ1) is 23.8. The van der Waals surface area contributed by atoms with E-state index in [0.717, 1.165) is 45.3 Å². The Bertz CT molecular complexity index is 1260. The van der Waals surface area contributed by atoms with Gasteiger partial charge >= 0.3 is 0 Å². The van der Waals surface area contributed by atoms with E-state index in [1.807, 2.05) is 36.8 Å². The number of nitrogens with one attached hydrogen (secondary N) is 1. The molecule has 5 nitrogen and oxygen atoms in total. The highest BCUT2D eigenvalue weighted by atomic mass is 15.2. The molecule has 4 aromatic rings. The maximum absolute atomic E-state index is 9.02. The topological polar surface area (TPSA) is 56.9 Å². The van der Waals surface area contributed by atoms with Crippen LogP contribution in [0.5, 0.6) is 0 Å². The summed E-state index contributed by atoms with van der Waals surface area (Å²) in [6.07, 6.45) is 8.16. The van der Waals surface area contributed by atoms with E-state index in [-0.39, 0.29) is 0 Å². The summed E-state index contributed by atoms with van der Waals surface area (Å²) in [5.74, 6) is 0. The highest BCUT2D eigenvalue weighted by Crippen LogP contribution is 2.27. The van der Waals surface area contributed by atoms with Crippen molar-refractivity contribution in [3.05, 3.63) is 120 Å². The number of para-hydroxylation sites is 1. The first-order valence-electron chi connectivity index (χ1n) is 12.9. The molecule has 2 atom stereocenters. The number of nitriles is 1. The molecule has 0 spiro atoms. The Morgan fingerprint density at radius 2 is 1.67 bits per heavy atom. The first-order valence-corrected chi connectivity index (χ1v) is 12.9. The molecule has 1 aliphatic heterocycles. The molecule has 0 aliphatic carbocycles. The fraction of sp³-hybridized carbons (Fsp3) is 0.290. The Balaban J connectivity index is 1.19. The van der Waals surface area contributed by atoms with E-state index in [4.69, 9.17) is 5.26 Å². The standard InChI is InChI=1S/C31H33N5/c32-21-26-11-13-27(14-12-26)23-35-24-33-22-30(35)15-17-34-28-16-18-36(29-9-5-2-6-10-29)31(20-28)19-25-7-3-1-4-8-25/h1-14,22,24,28,31,34H,15-20,23H2. The number of anilines is 1. The van der Waals surface area contributed by atoms with Gasteiger partial charge in [0.05, 0.1) is 18.0 Å². The maximum Gasteiger partial charge on any atom is 0.0991 e. The molecule has 5 rings (SSSR count). The second kappa shape index (κ2) is 11.7. The van der Waals surface area contributed by atoms with Crippen LogP contribution in [-0.2, 0) is 19.4 Å². The molecule has 0 amide bonds. The maximum atomic E-state index is 9.02. The van der Waals surface area contributed by atoms with Gasteiger partial charge in [0.1, 0.15) is 0 Å². The normalized spacial score (nSPS) is 17.6. The van der Waals surface area contributed by atoms with Gasteiger partial charge < -0.3 is 14.8 Å². The molecule has 1 N–H and O–H groups in total. The first-order chi connectivity index (χ1) is 17.8. The van der Waals surface area contributed by atoms with E-state index < -0.39 is 0 Å². The van der Waals surface area contributed by atoms with Gasteiger partial charge in [-0.25, -0.2) is 4.98 Å². The number of benzene rings is 3. The SMILES string of the molecule is N#Cc1ccc(Cn2cncc2CCNC2CCN(c3ccccc3)C(Cc3ccccc3)C2)cc1. The minimum absolute atomic E-state index is 0.475. The zero-order valence-electron chi connectivity index (χ0n) is 20.6. The summed E-state index contributed by atoms with van der Waals surface area (Å²) in [5, 5.41) is 12.9. The summed E-state index contributed by atoms with van der Waals surface area (Å²) < 4.78 is 2.21. The molecule has 5 heteroatoms. The second-order valence-electron chi connectivity index (χ2n) is 9.62. The highest BCUT2D eigenvalue weighted by molar-refractivity contribution is 5.48. The Kier molecular flexibility index (Phi) is 7.75. The Labute approximate surface area is 214 Å². The Hall–Kier alpha value is -3.88. The average molecular weight is 476 g/mol. The van der Waals surface area contributed by atoms with Gasteiger partial charge in [-0.05, 0) is 54.7 Å². The van der Waals surface area contributed by atoms with Crippen LogP contribution >= 0.6 is 0 Å². The van der Waals surface area contributed by atoms with Crippen LogP contribution in [-0.4, -0.2) is 34.7 Å². The van der Waals surface area contributed by atoms with Crippen LogP contribution in [0.3, 0.4) is 0 Å². The predicted octanol–water partition coefficient (Wildman–Crippen LogP) is 5.22. The lowest BCUT2D eigenvalue weighted by molar-refractivity contribution is 0.355. The summed E-state index contributed by atoms with van der Waals surface area (Å²) in [5.41, 5.74) is 5.82. The van der Waals surface area contributed by atoms with Crippen LogP contribution in [0, 0.1) is 11.3 Å². The van der Waals surface area contributed by atoms with E-state index in [0.29, 0.717) is 17.6 Å². The zero-order valence-corrected chi connectivity index (χ0v) is 20.6. The average Bonchev–Trinajstić information content (AvgIpc) is 3.37. The number of nitrogens with zero attached hydrogens (tertiary/aromatic N) is 4. The Morgan fingerprint density at radius 3 is 2.42 bits per heavy atom. The van der Waals surface area contributed by atoms with Crippen molar-refractivity contribution in [2.45, 2.75) is 44.3 Å². The summed E-state index contributed by atoms with van der Waals surface area (Å²) in [7, 11) is 0. The third-order valence-electron chi connectivity index (χ3n) is 7.17. The van der Waals surface area contributed by atoms with Gasteiger partial charge in [0, 0.05) is 55.7 Å². The third kappa shape index (κ3) is 6.02. The number of imidazole rings is 1. The molecule has 36 heavy (non-hydrogen) atoms. The van der Waals surface area contributed by atoms with E-state index in [2.05, 4.69) is 86.5 Å². The van der Waals surface area contributed by atoms with Gasteiger partial charge in [-0.15, -0.1) is 0 Å². The number of rotatable bonds is 9. The molecular formula is C31H33N5. The largest absolute Gasteiger partial charge is 0.368 e. The van der Waals surface area contributed by atoms with E-state index in [1.165, 1.54) is 22.5 Å². The fourth-order valence-corrected chi connectivity index (χ4v) is 5.26. The molecule has 1 fully saturated rings. The summed E-state index contributed by atoms with van der Waals surface area (Å²) >= 11 is 0. The van der Waals surface area contributed by atoms with Crippen molar-refractivity contribution >= 4 is 5.69 Å². The van der Waals surface area contributed by atoms with Crippen molar-refractivity contribution in [2.75, 3.05) is 18.0 Å². The van der Waals surface area contributed by atoms with Crippen LogP contribution < -0.4 is 10.2 Å². The van der Waals surface area contributed by atoms with Gasteiger partial charge in [-0.1, -0.05) is 60.7 Å². The van der Waals surface area contributed by atoms with Crippen LogP contribution in [0.15, 0.2) is 97.5 Å². The molecule has 2 unspecified atom stereocenters. The minimum Gasteiger partial charge on any atom is -0.368 e. The van der Waals surface area contributed by atoms with Gasteiger partial charge in [-0.2, -0.15) is 5.26 Å². The van der Waals surface area contributed by atoms with E-state index in [1.54, 1.807) is 0 Å². The number of piperidine rings is 1. The van der Waals surface area contributed by atoms with Gasteiger partial charge in [0.2, 0.25) is 0 Å². The van der Waals surface area contributed by atoms with Crippen LogP contribution in [0.4, 0.5) is 5.69 Å². The summed E-state index contributed by atoms with van der Waals surface area (Å²) in [6.45, 7) is 2.78. The van der Waals surface area contributed by atoms with Crippen molar-refractivity contribution in [2.24, 2.45) is 0 Å². The van der Waals surface area contributed by atoms with Crippen LogP contribution in [0.1, 0.15) is 35.2 Å². The van der Waals surface area contributed by atoms with Crippen molar-refractivity contribution in [3.63, 3.8) is 0 Å². The molecule has 2 heterocycles. The fourth-order valence-electron chi connectivity index (χ4n) is 5.26. The second-order valence-corrected chi connectivity index (χ2v) is 9.62. The van der Waals surface area contributed by atoms with Gasteiger partial charge in [0.15, 0.2) is 0 Å². The van der Waals surface area contributed by atoms with Crippen molar-refractivity contribution in [1.82, 2.24) is 14.9 Å². The molecule has 0 radical (unpaired) electrons. The number of hydrogen-bond donors (Lipinski definition) is 1. The van der Waals surface area contributed by atoms with Crippen molar-refractivity contribution in [3.8, 4) is 6.07 Å². The number of aromatic nitrogens is 2. The predicted molar refractivity (Wildman–Crippen MR) is 145 cm³/mol. The Morgan fingerprint density at radius 1 is 0.917 bits per heavy atom. The van der Waals surface area contributed by atoms with Gasteiger partial charge in [0.25, 0.3) is 0 Å². The van der Waals surface area contributed by atoms with Crippen molar-refractivity contribution < 1.29 is 0 Å².